The molecular formula is C10H10N8O. The van der Waals surface area contributed by atoms with Crippen molar-refractivity contribution in [3.63, 3.8) is 0 Å². The van der Waals surface area contributed by atoms with Gasteiger partial charge in [-0.1, -0.05) is 0 Å². The van der Waals surface area contributed by atoms with Crippen LogP contribution in [0.1, 0.15) is 0 Å². The molecule has 0 unspecified atom stereocenters. The zero-order valence-corrected chi connectivity index (χ0v) is 10.1. The lowest BCUT2D eigenvalue weighted by Crippen LogP contribution is -2.19. The lowest BCUT2D eigenvalue weighted by Gasteiger charge is -2.03. The molecule has 0 spiro atoms. The first-order valence-corrected chi connectivity index (χ1v) is 5.52. The fourth-order valence-electron chi connectivity index (χ4n) is 1.70. The summed E-state index contributed by atoms with van der Waals surface area (Å²) < 4.78 is 1.34. The van der Waals surface area contributed by atoms with Crippen LogP contribution in [-0.2, 0) is 18.4 Å². The van der Waals surface area contributed by atoms with Gasteiger partial charge in [0.1, 0.15) is 23.9 Å². The Morgan fingerprint density at radius 3 is 2.95 bits per heavy atom. The van der Waals surface area contributed by atoms with Gasteiger partial charge < -0.3 is 5.32 Å². The molecule has 3 aromatic rings. The average molecular weight is 258 g/mol. The van der Waals surface area contributed by atoms with Crippen molar-refractivity contribution in [2.45, 2.75) is 6.54 Å². The quantitative estimate of drug-likeness (QED) is 0.685. The van der Waals surface area contributed by atoms with Crippen LogP contribution < -0.4 is 5.32 Å². The van der Waals surface area contributed by atoms with Gasteiger partial charge >= 0.3 is 0 Å². The third kappa shape index (κ3) is 2.39. The molecule has 0 aliphatic rings. The summed E-state index contributed by atoms with van der Waals surface area (Å²) in [4.78, 5) is 13.2. The summed E-state index contributed by atoms with van der Waals surface area (Å²) in [5.41, 5.74) is 2.16. The number of hydrogen-bond donors (Lipinski definition) is 1. The van der Waals surface area contributed by atoms with Gasteiger partial charge in [0, 0.05) is 12.7 Å². The van der Waals surface area contributed by atoms with Gasteiger partial charge in [0.25, 0.3) is 0 Å². The molecule has 0 fully saturated rings. The molecule has 1 amide bonds. The van der Waals surface area contributed by atoms with E-state index in [9.17, 15) is 4.79 Å². The van der Waals surface area contributed by atoms with E-state index in [0.717, 1.165) is 11.0 Å². The number of nitrogens with one attached hydrogen (secondary N) is 1. The number of carbonyl (C=O) groups excluding carboxylic acids is 1. The highest BCUT2D eigenvalue weighted by Crippen LogP contribution is 2.15. The Kier molecular flexibility index (Phi) is 2.63. The minimum atomic E-state index is -0.212. The summed E-state index contributed by atoms with van der Waals surface area (Å²) in [6.45, 7) is 0.0610. The number of anilines is 1. The summed E-state index contributed by atoms with van der Waals surface area (Å²) in [6.07, 6.45) is 1.38. The van der Waals surface area contributed by atoms with E-state index in [1.165, 1.54) is 15.8 Å². The van der Waals surface area contributed by atoms with E-state index >= 15 is 0 Å². The highest BCUT2D eigenvalue weighted by Gasteiger charge is 2.06. The van der Waals surface area contributed by atoms with Crippen LogP contribution in [0, 0.1) is 0 Å². The number of tetrazole rings is 1. The second-order valence-electron chi connectivity index (χ2n) is 3.95. The molecule has 0 aliphatic carbocycles. The molecule has 0 aliphatic heterocycles. The normalized spacial score (nSPS) is 10.8. The van der Waals surface area contributed by atoms with Crippen LogP contribution in [0.2, 0.25) is 0 Å². The zero-order valence-electron chi connectivity index (χ0n) is 10.1. The van der Waals surface area contributed by atoms with Gasteiger partial charge in [0.05, 0.1) is 0 Å². The SMILES string of the molecule is Cn1nc2ccc(NC(=O)Cn3cnnn3)cc2n1. The third-order valence-electron chi connectivity index (χ3n) is 2.46. The molecule has 96 valence electrons. The van der Waals surface area contributed by atoms with Gasteiger partial charge in [-0.3, -0.25) is 4.79 Å². The summed E-state index contributed by atoms with van der Waals surface area (Å²) in [6, 6.07) is 5.34. The van der Waals surface area contributed by atoms with Gasteiger partial charge in [-0.05, 0) is 28.6 Å². The molecule has 9 heteroatoms. The van der Waals surface area contributed by atoms with Gasteiger partial charge in [0.15, 0.2) is 0 Å². The first-order chi connectivity index (χ1) is 9.20. The molecule has 19 heavy (non-hydrogen) atoms. The number of nitrogens with zero attached hydrogens (tertiary/aromatic N) is 7. The molecule has 0 atom stereocenters. The molecule has 2 heterocycles. The molecule has 0 radical (unpaired) electrons. The van der Waals surface area contributed by atoms with E-state index in [-0.39, 0.29) is 12.5 Å². The van der Waals surface area contributed by atoms with E-state index in [1.807, 2.05) is 0 Å². The Balaban J connectivity index is 1.75. The number of aryl methyl sites for hydroxylation is 1. The molecular weight excluding hydrogens is 248 g/mol. The lowest BCUT2D eigenvalue weighted by molar-refractivity contribution is -0.116. The smallest absolute Gasteiger partial charge is 0.246 e. The number of benzene rings is 1. The van der Waals surface area contributed by atoms with E-state index in [2.05, 4.69) is 31.0 Å². The molecule has 9 nitrogen and oxygen atoms in total. The van der Waals surface area contributed by atoms with Crippen molar-refractivity contribution in [3.8, 4) is 0 Å². The number of carbonyl (C=O) groups is 1. The van der Waals surface area contributed by atoms with Gasteiger partial charge in [0.2, 0.25) is 5.91 Å². The summed E-state index contributed by atoms with van der Waals surface area (Å²) in [7, 11) is 1.75. The minimum absolute atomic E-state index is 0.0610. The van der Waals surface area contributed by atoms with E-state index in [4.69, 9.17) is 0 Å². The van der Waals surface area contributed by atoms with Crippen LogP contribution in [0.3, 0.4) is 0 Å². The van der Waals surface area contributed by atoms with Crippen LogP contribution in [0.15, 0.2) is 24.5 Å². The van der Waals surface area contributed by atoms with Gasteiger partial charge in [-0.15, -0.1) is 5.10 Å². The van der Waals surface area contributed by atoms with Crippen LogP contribution in [0.4, 0.5) is 5.69 Å². The Bertz CT molecular complexity index is 716. The summed E-state index contributed by atoms with van der Waals surface area (Å²) in [5.74, 6) is -0.212. The summed E-state index contributed by atoms with van der Waals surface area (Å²) >= 11 is 0. The molecule has 1 N–H and O–H groups in total. The molecule has 0 saturated heterocycles. The van der Waals surface area contributed by atoms with Gasteiger partial charge in [-0.2, -0.15) is 15.0 Å². The number of fused-ring (bicyclic) bond motifs is 1. The molecule has 0 bridgehead atoms. The van der Waals surface area contributed by atoms with Crippen molar-refractivity contribution in [1.29, 1.82) is 0 Å². The fourth-order valence-corrected chi connectivity index (χ4v) is 1.70. The Morgan fingerprint density at radius 2 is 2.16 bits per heavy atom. The zero-order chi connectivity index (χ0) is 13.2. The van der Waals surface area contributed by atoms with Crippen molar-refractivity contribution in [2.75, 3.05) is 5.32 Å². The van der Waals surface area contributed by atoms with Crippen LogP contribution in [0.25, 0.3) is 11.0 Å². The number of rotatable bonds is 3. The largest absolute Gasteiger partial charge is 0.324 e. The van der Waals surface area contributed by atoms with Crippen molar-refractivity contribution in [1.82, 2.24) is 35.2 Å². The third-order valence-corrected chi connectivity index (χ3v) is 2.46. The number of aromatic nitrogens is 7. The molecule has 0 saturated carbocycles. The second-order valence-corrected chi connectivity index (χ2v) is 3.95. The number of amides is 1. The Labute approximate surface area is 107 Å². The van der Waals surface area contributed by atoms with E-state index in [0.29, 0.717) is 5.69 Å². The molecule has 3 rings (SSSR count). The minimum Gasteiger partial charge on any atom is -0.324 e. The van der Waals surface area contributed by atoms with Crippen molar-refractivity contribution in [2.24, 2.45) is 7.05 Å². The Hall–Kier alpha value is -2.84. The second kappa shape index (κ2) is 4.44. The highest BCUT2D eigenvalue weighted by molar-refractivity contribution is 5.92. The predicted octanol–water partition coefficient (Wildman–Crippen LogP) is -0.407. The average Bonchev–Trinajstić information content (AvgIpc) is 2.96. The maximum absolute atomic E-state index is 11.8. The fraction of sp³-hybridized carbons (Fsp3) is 0.200. The van der Waals surface area contributed by atoms with E-state index < -0.39 is 0 Å². The van der Waals surface area contributed by atoms with Crippen molar-refractivity contribution < 1.29 is 4.79 Å². The Morgan fingerprint density at radius 1 is 1.32 bits per heavy atom. The first kappa shape index (κ1) is 11.3. The standard InChI is InChI=1S/C10H10N8O/c1-17-13-8-3-2-7(4-9(8)14-17)12-10(19)5-18-6-11-15-16-18/h2-4,6H,5H2,1H3,(H,12,19). The van der Waals surface area contributed by atoms with Crippen LogP contribution in [0.5, 0.6) is 0 Å². The predicted molar refractivity (Wildman–Crippen MR) is 65.0 cm³/mol. The van der Waals surface area contributed by atoms with Crippen LogP contribution >= 0.6 is 0 Å². The topological polar surface area (TPSA) is 103 Å². The highest BCUT2D eigenvalue weighted by atomic mass is 16.2. The molecule has 1 aromatic carbocycles. The first-order valence-electron chi connectivity index (χ1n) is 5.52. The maximum Gasteiger partial charge on any atom is 0.246 e. The monoisotopic (exact) mass is 258 g/mol. The van der Waals surface area contributed by atoms with E-state index in [1.54, 1.807) is 25.2 Å². The lowest BCUT2D eigenvalue weighted by atomic mass is 10.3. The van der Waals surface area contributed by atoms with Gasteiger partial charge in [-0.25, -0.2) is 4.68 Å². The van der Waals surface area contributed by atoms with Crippen LogP contribution in [-0.4, -0.2) is 41.1 Å². The number of hydrogen-bond acceptors (Lipinski definition) is 6. The maximum atomic E-state index is 11.8. The van der Waals surface area contributed by atoms with Crippen molar-refractivity contribution in [3.05, 3.63) is 24.5 Å². The molecule has 2 aromatic heterocycles. The summed E-state index contributed by atoms with van der Waals surface area (Å²) in [5, 5.41) is 21.6. The van der Waals surface area contributed by atoms with Crippen molar-refractivity contribution >= 4 is 22.6 Å².